The van der Waals surface area contributed by atoms with Crippen molar-refractivity contribution in [2.24, 2.45) is 0 Å². The summed E-state index contributed by atoms with van der Waals surface area (Å²) in [7, 11) is 0. The van der Waals surface area contributed by atoms with Crippen LogP contribution in [0.1, 0.15) is 17.3 Å². The van der Waals surface area contributed by atoms with E-state index >= 15 is 0 Å². The lowest BCUT2D eigenvalue weighted by Gasteiger charge is -2.03. The summed E-state index contributed by atoms with van der Waals surface area (Å²) < 4.78 is 3.26. The van der Waals surface area contributed by atoms with Gasteiger partial charge in [-0.1, -0.05) is 23.7 Å². The number of H-pyrrole nitrogens is 1. The lowest BCUT2D eigenvalue weighted by molar-refractivity contribution is 0.585. The molecule has 8 heteroatoms. The number of fused-ring (bicyclic) bond motifs is 1. The fraction of sp³-hybridized carbons (Fsp3) is 0.222. The van der Waals surface area contributed by atoms with Crippen molar-refractivity contribution in [1.82, 2.24) is 29.4 Å². The van der Waals surface area contributed by atoms with Crippen molar-refractivity contribution in [3.05, 3.63) is 69.1 Å². The molecule has 3 aromatic heterocycles. The number of nitrogens with zero attached hydrogens (tertiary/aromatic N) is 5. The number of aromatic nitrogens is 6. The molecule has 0 aliphatic rings. The molecule has 3 heterocycles. The lowest BCUT2D eigenvalue weighted by Crippen LogP contribution is -2.16. The van der Waals surface area contributed by atoms with E-state index in [0.717, 1.165) is 28.6 Å². The summed E-state index contributed by atoms with van der Waals surface area (Å²) in [5.41, 5.74) is 2.84. The second-order valence-corrected chi connectivity index (χ2v) is 6.58. The van der Waals surface area contributed by atoms with Gasteiger partial charge in [-0.2, -0.15) is 5.10 Å². The first-order valence-corrected chi connectivity index (χ1v) is 8.63. The van der Waals surface area contributed by atoms with Gasteiger partial charge in [0.2, 0.25) is 0 Å². The van der Waals surface area contributed by atoms with Crippen LogP contribution in [0.5, 0.6) is 0 Å². The van der Waals surface area contributed by atoms with Gasteiger partial charge in [-0.15, -0.1) is 0 Å². The largest absolute Gasteiger partial charge is 0.289 e. The Hall–Kier alpha value is -2.93. The molecule has 0 amide bonds. The number of aryl methyl sites for hydroxylation is 4. The third kappa shape index (κ3) is 3.13. The van der Waals surface area contributed by atoms with Gasteiger partial charge >= 0.3 is 0 Å². The van der Waals surface area contributed by atoms with Crippen molar-refractivity contribution >= 4 is 17.2 Å². The molecular weight excluding hydrogens is 352 g/mol. The molecule has 0 bridgehead atoms. The van der Waals surface area contributed by atoms with Gasteiger partial charge < -0.3 is 0 Å². The highest BCUT2D eigenvalue weighted by molar-refractivity contribution is 6.30. The van der Waals surface area contributed by atoms with Crippen LogP contribution in [0.2, 0.25) is 5.02 Å². The highest BCUT2D eigenvalue weighted by Crippen LogP contribution is 2.21. The molecule has 0 spiro atoms. The van der Waals surface area contributed by atoms with Gasteiger partial charge in [-0.3, -0.25) is 9.89 Å². The Kier molecular flexibility index (Phi) is 4.08. The molecule has 4 aromatic rings. The van der Waals surface area contributed by atoms with E-state index in [2.05, 4.69) is 20.2 Å². The molecular formula is C18H17ClN6O. The van der Waals surface area contributed by atoms with Crippen molar-refractivity contribution in [1.29, 1.82) is 0 Å². The summed E-state index contributed by atoms with van der Waals surface area (Å²) in [4.78, 5) is 21.3. The van der Waals surface area contributed by atoms with E-state index < -0.39 is 0 Å². The van der Waals surface area contributed by atoms with Crippen LogP contribution in [0, 0.1) is 13.8 Å². The summed E-state index contributed by atoms with van der Waals surface area (Å²) in [6.07, 6.45) is 0.604. The first kappa shape index (κ1) is 16.5. The normalized spacial score (nSPS) is 11.3. The third-order valence-electron chi connectivity index (χ3n) is 4.18. The molecule has 1 N–H and O–H groups in total. The van der Waals surface area contributed by atoms with E-state index in [1.807, 2.05) is 48.9 Å². The second-order valence-electron chi connectivity index (χ2n) is 6.14. The zero-order valence-corrected chi connectivity index (χ0v) is 15.2. The monoisotopic (exact) mass is 368 g/mol. The molecule has 1 aromatic carbocycles. The molecule has 0 aliphatic heterocycles. The SMILES string of the molecule is Cc1nc(C)n(CCc2cc(=O)n3[nH]c(-c4cccc(Cl)c4)cc3n2)n1. The molecule has 0 radical (unpaired) electrons. The third-order valence-corrected chi connectivity index (χ3v) is 4.42. The minimum Gasteiger partial charge on any atom is -0.289 e. The average molecular weight is 369 g/mol. The Labute approximate surface area is 154 Å². The minimum atomic E-state index is -0.148. The molecule has 26 heavy (non-hydrogen) atoms. The molecule has 0 saturated heterocycles. The maximum absolute atomic E-state index is 12.4. The maximum Gasteiger partial charge on any atom is 0.272 e. The molecule has 7 nitrogen and oxygen atoms in total. The fourth-order valence-corrected chi connectivity index (χ4v) is 3.16. The van der Waals surface area contributed by atoms with Gasteiger partial charge in [-0.05, 0) is 26.0 Å². The van der Waals surface area contributed by atoms with Gasteiger partial charge in [0.15, 0.2) is 5.65 Å². The summed E-state index contributed by atoms with van der Waals surface area (Å²) >= 11 is 6.05. The summed E-state index contributed by atoms with van der Waals surface area (Å²) in [5.74, 6) is 1.59. The highest BCUT2D eigenvalue weighted by atomic mass is 35.5. The zero-order valence-electron chi connectivity index (χ0n) is 14.4. The van der Waals surface area contributed by atoms with E-state index in [9.17, 15) is 4.79 Å². The van der Waals surface area contributed by atoms with Gasteiger partial charge in [0.1, 0.15) is 11.6 Å². The summed E-state index contributed by atoms with van der Waals surface area (Å²) in [6.45, 7) is 4.40. The van der Waals surface area contributed by atoms with E-state index in [-0.39, 0.29) is 5.56 Å². The molecule has 0 saturated carbocycles. The van der Waals surface area contributed by atoms with E-state index in [0.29, 0.717) is 23.6 Å². The quantitative estimate of drug-likeness (QED) is 0.600. The van der Waals surface area contributed by atoms with Crippen LogP contribution in [0.3, 0.4) is 0 Å². The van der Waals surface area contributed by atoms with Crippen LogP contribution in [-0.4, -0.2) is 29.4 Å². The standard InChI is InChI=1S/C18H17ClN6O/c1-11-20-12(2)24(22-11)7-6-15-9-18(26)25-17(21-15)10-16(23-25)13-4-3-5-14(19)8-13/h3-5,8-10,23H,6-7H2,1-2H3. The first-order chi connectivity index (χ1) is 12.5. The molecule has 0 atom stereocenters. The second kappa shape index (κ2) is 6.42. The first-order valence-electron chi connectivity index (χ1n) is 8.25. The van der Waals surface area contributed by atoms with Gasteiger partial charge in [0.05, 0.1) is 11.4 Å². The van der Waals surface area contributed by atoms with Crippen molar-refractivity contribution in [2.75, 3.05) is 0 Å². The predicted octanol–water partition coefficient (Wildman–Crippen LogP) is 2.79. The van der Waals surface area contributed by atoms with Gasteiger partial charge in [-0.25, -0.2) is 19.2 Å². The van der Waals surface area contributed by atoms with Crippen molar-refractivity contribution in [3.63, 3.8) is 0 Å². The maximum atomic E-state index is 12.4. The number of nitrogens with one attached hydrogen (secondary N) is 1. The lowest BCUT2D eigenvalue weighted by atomic mass is 10.1. The van der Waals surface area contributed by atoms with Crippen LogP contribution in [-0.2, 0) is 13.0 Å². The number of benzene rings is 1. The van der Waals surface area contributed by atoms with Crippen molar-refractivity contribution in [3.8, 4) is 11.3 Å². The number of halogens is 1. The molecule has 4 rings (SSSR count). The number of hydrogen-bond acceptors (Lipinski definition) is 4. The van der Waals surface area contributed by atoms with E-state index in [4.69, 9.17) is 11.6 Å². The summed E-state index contributed by atoms with van der Waals surface area (Å²) in [6, 6.07) is 10.8. The smallest absolute Gasteiger partial charge is 0.272 e. The van der Waals surface area contributed by atoms with Crippen LogP contribution in [0.4, 0.5) is 0 Å². The van der Waals surface area contributed by atoms with Gasteiger partial charge in [0, 0.05) is 35.7 Å². The van der Waals surface area contributed by atoms with Crippen LogP contribution in [0.15, 0.2) is 41.2 Å². The number of hydrogen-bond donors (Lipinski definition) is 1. The zero-order chi connectivity index (χ0) is 18.3. The Balaban J connectivity index is 1.65. The van der Waals surface area contributed by atoms with Crippen LogP contribution in [0.25, 0.3) is 16.9 Å². The van der Waals surface area contributed by atoms with Crippen molar-refractivity contribution in [2.45, 2.75) is 26.8 Å². The van der Waals surface area contributed by atoms with Crippen LogP contribution >= 0.6 is 11.6 Å². The van der Waals surface area contributed by atoms with E-state index in [1.54, 1.807) is 6.07 Å². The topological polar surface area (TPSA) is 80.9 Å². The Morgan fingerprint density at radius 1 is 1.15 bits per heavy atom. The number of aromatic amines is 1. The molecule has 0 unspecified atom stereocenters. The predicted molar refractivity (Wildman–Crippen MR) is 99.5 cm³/mol. The minimum absolute atomic E-state index is 0.148. The molecule has 132 valence electrons. The van der Waals surface area contributed by atoms with Gasteiger partial charge in [0.25, 0.3) is 5.56 Å². The number of rotatable bonds is 4. The molecule has 0 aliphatic carbocycles. The van der Waals surface area contributed by atoms with Crippen molar-refractivity contribution < 1.29 is 0 Å². The fourth-order valence-electron chi connectivity index (χ4n) is 2.97. The van der Waals surface area contributed by atoms with Crippen LogP contribution < -0.4 is 5.56 Å². The van der Waals surface area contributed by atoms with E-state index in [1.165, 1.54) is 4.52 Å². The highest BCUT2D eigenvalue weighted by Gasteiger charge is 2.09. The average Bonchev–Trinajstić information content (AvgIpc) is 3.16. The Bertz CT molecular complexity index is 1160. The Morgan fingerprint density at radius 3 is 2.73 bits per heavy atom. The summed E-state index contributed by atoms with van der Waals surface area (Å²) in [5, 5.41) is 8.05. The molecule has 0 fully saturated rings. The Morgan fingerprint density at radius 2 is 2.00 bits per heavy atom.